The molecule has 92 valence electrons. The average molecular weight is 318 g/mol. The fraction of sp³-hybridized carbons (Fsp3) is 0.364. The molecular formula is C11H12BrNO3S. The molecule has 1 aliphatic heterocycles. The molecule has 1 aliphatic rings. The van der Waals surface area contributed by atoms with Crippen molar-refractivity contribution in [2.24, 2.45) is 5.16 Å². The number of sulfone groups is 1. The Morgan fingerprint density at radius 3 is 2.65 bits per heavy atom. The van der Waals surface area contributed by atoms with Crippen molar-refractivity contribution in [3.05, 3.63) is 27.7 Å². The van der Waals surface area contributed by atoms with E-state index in [1.807, 2.05) is 6.92 Å². The second-order valence-corrected chi connectivity index (χ2v) is 6.78. The summed E-state index contributed by atoms with van der Waals surface area (Å²) in [7, 11) is -3.27. The Bertz CT molecular complexity index is 593. The van der Waals surface area contributed by atoms with Crippen LogP contribution in [0.3, 0.4) is 0 Å². The van der Waals surface area contributed by atoms with Gasteiger partial charge in [0.15, 0.2) is 9.84 Å². The van der Waals surface area contributed by atoms with E-state index in [9.17, 15) is 8.42 Å². The highest BCUT2D eigenvalue weighted by Crippen LogP contribution is 2.29. The molecule has 0 unspecified atom stereocenters. The summed E-state index contributed by atoms with van der Waals surface area (Å²) < 4.78 is 24.4. The topological polar surface area (TPSA) is 55.7 Å². The fourth-order valence-electron chi connectivity index (χ4n) is 1.81. The van der Waals surface area contributed by atoms with Gasteiger partial charge in [-0.3, -0.25) is 0 Å². The maximum atomic E-state index is 11.8. The van der Waals surface area contributed by atoms with Crippen LogP contribution in [0.5, 0.6) is 0 Å². The zero-order valence-corrected chi connectivity index (χ0v) is 11.9. The third-order valence-corrected chi connectivity index (χ3v) is 4.65. The highest BCUT2D eigenvalue weighted by atomic mass is 79.9. The van der Waals surface area contributed by atoms with E-state index in [2.05, 4.69) is 21.1 Å². The normalized spacial score (nSPS) is 15.6. The van der Waals surface area contributed by atoms with Gasteiger partial charge in [-0.05, 0) is 24.6 Å². The Labute approximate surface area is 109 Å². The molecule has 0 atom stereocenters. The summed E-state index contributed by atoms with van der Waals surface area (Å²) in [5, 5.41) is 3.91. The van der Waals surface area contributed by atoms with Crippen molar-refractivity contribution in [2.45, 2.75) is 18.2 Å². The van der Waals surface area contributed by atoms with Crippen LogP contribution >= 0.6 is 15.9 Å². The number of benzene rings is 1. The molecule has 0 bridgehead atoms. The summed E-state index contributed by atoms with van der Waals surface area (Å²) in [6, 6.07) is 3.34. The first-order valence-corrected chi connectivity index (χ1v) is 7.78. The molecule has 0 aliphatic carbocycles. The molecule has 0 fully saturated rings. The fourth-order valence-corrected chi connectivity index (χ4v) is 3.10. The lowest BCUT2D eigenvalue weighted by Crippen LogP contribution is -2.10. The first-order valence-electron chi connectivity index (χ1n) is 5.09. The van der Waals surface area contributed by atoms with E-state index in [4.69, 9.17) is 4.84 Å². The molecule has 0 aromatic heterocycles. The number of oxime groups is 1. The number of halogens is 1. The number of hydrogen-bond donors (Lipinski definition) is 0. The van der Waals surface area contributed by atoms with Gasteiger partial charge in [-0.2, -0.15) is 0 Å². The second kappa shape index (κ2) is 4.42. The van der Waals surface area contributed by atoms with Crippen molar-refractivity contribution in [1.82, 2.24) is 0 Å². The minimum absolute atomic E-state index is 0.308. The molecule has 6 heteroatoms. The zero-order chi connectivity index (χ0) is 12.6. The van der Waals surface area contributed by atoms with Crippen LogP contribution in [0.1, 0.15) is 17.5 Å². The van der Waals surface area contributed by atoms with Gasteiger partial charge in [0.25, 0.3) is 0 Å². The Morgan fingerprint density at radius 2 is 2.12 bits per heavy atom. The Balaban J connectivity index is 2.73. The van der Waals surface area contributed by atoms with Crippen molar-refractivity contribution >= 4 is 31.5 Å². The molecular weight excluding hydrogens is 306 g/mol. The highest BCUT2D eigenvalue weighted by molar-refractivity contribution is 9.10. The number of rotatable bonds is 2. The molecule has 0 N–H and O–H groups in total. The predicted molar refractivity (Wildman–Crippen MR) is 69.1 cm³/mol. The maximum absolute atomic E-state index is 11.8. The maximum Gasteiger partial charge on any atom is 0.176 e. The molecule has 17 heavy (non-hydrogen) atoms. The summed E-state index contributed by atoms with van der Waals surface area (Å²) in [6.45, 7) is 2.37. The highest BCUT2D eigenvalue weighted by Gasteiger charge is 2.23. The summed E-state index contributed by atoms with van der Waals surface area (Å²) >= 11 is 3.40. The SMILES string of the molecule is Cc1c(Br)ccc(S(C)(=O)=O)c1C1=NOCC1. The van der Waals surface area contributed by atoms with Gasteiger partial charge in [-0.15, -0.1) is 0 Å². The van der Waals surface area contributed by atoms with Gasteiger partial charge in [-0.25, -0.2) is 8.42 Å². The van der Waals surface area contributed by atoms with Crippen LogP contribution in [0.2, 0.25) is 0 Å². The molecule has 4 nitrogen and oxygen atoms in total. The van der Waals surface area contributed by atoms with E-state index in [0.29, 0.717) is 29.2 Å². The smallest absolute Gasteiger partial charge is 0.176 e. The summed E-state index contributed by atoms with van der Waals surface area (Å²) in [4.78, 5) is 5.26. The van der Waals surface area contributed by atoms with Gasteiger partial charge >= 0.3 is 0 Å². The summed E-state index contributed by atoms with van der Waals surface area (Å²) in [6.07, 6.45) is 1.84. The van der Waals surface area contributed by atoms with Crippen LogP contribution in [0, 0.1) is 6.92 Å². The minimum Gasteiger partial charge on any atom is -0.395 e. The van der Waals surface area contributed by atoms with E-state index < -0.39 is 9.84 Å². The molecule has 0 saturated heterocycles. The van der Waals surface area contributed by atoms with Crippen LogP contribution in [-0.2, 0) is 14.7 Å². The summed E-state index contributed by atoms with van der Waals surface area (Å²) in [5.74, 6) is 0. The molecule has 2 rings (SSSR count). The average Bonchev–Trinajstić information content (AvgIpc) is 2.73. The van der Waals surface area contributed by atoms with Gasteiger partial charge in [0.2, 0.25) is 0 Å². The van der Waals surface area contributed by atoms with Crippen molar-refractivity contribution in [3.63, 3.8) is 0 Å². The number of nitrogens with zero attached hydrogens (tertiary/aromatic N) is 1. The molecule has 0 radical (unpaired) electrons. The Hall–Kier alpha value is -0.880. The van der Waals surface area contributed by atoms with E-state index in [1.165, 1.54) is 6.26 Å². The standard InChI is InChI=1S/C11H12BrNO3S/c1-7-8(12)3-4-10(17(2,14)15)11(7)9-5-6-16-13-9/h3-4H,5-6H2,1-2H3. The van der Waals surface area contributed by atoms with Crippen molar-refractivity contribution in [1.29, 1.82) is 0 Å². The third kappa shape index (κ3) is 2.37. The lowest BCUT2D eigenvalue weighted by molar-refractivity contribution is 0.174. The molecule has 1 aromatic rings. The predicted octanol–water partition coefficient (Wildman–Crippen LogP) is 2.29. The zero-order valence-electron chi connectivity index (χ0n) is 9.53. The third-order valence-electron chi connectivity index (χ3n) is 2.65. The lowest BCUT2D eigenvalue weighted by atomic mass is 10.0. The minimum atomic E-state index is -3.27. The number of hydrogen-bond acceptors (Lipinski definition) is 4. The molecule has 0 amide bonds. The Kier molecular flexibility index (Phi) is 3.27. The Morgan fingerprint density at radius 1 is 1.41 bits per heavy atom. The van der Waals surface area contributed by atoms with Gasteiger partial charge in [-0.1, -0.05) is 21.1 Å². The molecule has 0 saturated carbocycles. The van der Waals surface area contributed by atoms with Crippen molar-refractivity contribution < 1.29 is 13.3 Å². The van der Waals surface area contributed by atoms with Crippen LogP contribution < -0.4 is 0 Å². The second-order valence-electron chi connectivity index (χ2n) is 3.94. The van der Waals surface area contributed by atoms with E-state index in [1.54, 1.807) is 12.1 Å². The van der Waals surface area contributed by atoms with Crippen molar-refractivity contribution in [3.8, 4) is 0 Å². The van der Waals surface area contributed by atoms with Gasteiger partial charge in [0.05, 0.1) is 10.6 Å². The first kappa shape index (κ1) is 12.6. The molecule has 1 aromatic carbocycles. The van der Waals surface area contributed by atoms with Crippen LogP contribution in [-0.4, -0.2) is 27.0 Å². The van der Waals surface area contributed by atoms with Gasteiger partial charge in [0.1, 0.15) is 6.61 Å². The largest absolute Gasteiger partial charge is 0.395 e. The van der Waals surface area contributed by atoms with Crippen LogP contribution in [0.4, 0.5) is 0 Å². The van der Waals surface area contributed by atoms with E-state index in [0.717, 1.165) is 10.0 Å². The molecule has 0 spiro atoms. The van der Waals surface area contributed by atoms with E-state index >= 15 is 0 Å². The lowest BCUT2D eigenvalue weighted by Gasteiger charge is -2.11. The summed E-state index contributed by atoms with van der Waals surface area (Å²) in [5.41, 5.74) is 2.24. The van der Waals surface area contributed by atoms with Crippen molar-refractivity contribution in [2.75, 3.05) is 12.9 Å². The van der Waals surface area contributed by atoms with Crippen LogP contribution in [0.15, 0.2) is 26.7 Å². The quantitative estimate of drug-likeness (QED) is 0.841. The van der Waals surface area contributed by atoms with Gasteiger partial charge in [0, 0.05) is 22.7 Å². The van der Waals surface area contributed by atoms with E-state index in [-0.39, 0.29) is 0 Å². The molecule has 1 heterocycles. The van der Waals surface area contributed by atoms with Crippen LogP contribution in [0.25, 0.3) is 0 Å². The monoisotopic (exact) mass is 317 g/mol. The first-order chi connectivity index (χ1) is 7.91. The van der Waals surface area contributed by atoms with Gasteiger partial charge < -0.3 is 4.84 Å².